The van der Waals surface area contributed by atoms with E-state index in [4.69, 9.17) is 12.2 Å². The third-order valence-electron chi connectivity index (χ3n) is 3.69. The maximum Gasteiger partial charge on any atom is 0.337 e. The molecule has 1 heterocycles. The maximum atomic E-state index is 11.5. The van der Waals surface area contributed by atoms with E-state index in [1.54, 1.807) is 35.2 Å². The number of carbonyl (C=O) groups is 1. The van der Waals surface area contributed by atoms with Gasteiger partial charge in [-0.1, -0.05) is 36.4 Å². The third-order valence-corrected chi connectivity index (χ3v) is 3.95. The van der Waals surface area contributed by atoms with Gasteiger partial charge in [-0.05, 0) is 42.4 Å². The number of benzene rings is 2. The number of aryl methyl sites for hydroxylation is 1. The molecular formula is C18H16N4O2S. The van der Waals surface area contributed by atoms with E-state index >= 15 is 0 Å². The summed E-state index contributed by atoms with van der Waals surface area (Å²) < 4.78 is 6.66. The molecule has 0 saturated heterocycles. The second-order valence-electron chi connectivity index (χ2n) is 5.34. The minimum Gasteiger partial charge on any atom is -0.465 e. The first-order valence-corrected chi connectivity index (χ1v) is 7.97. The molecule has 0 aliphatic rings. The summed E-state index contributed by atoms with van der Waals surface area (Å²) in [5.41, 5.74) is 3.34. The first-order chi connectivity index (χ1) is 12.1. The summed E-state index contributed by atoms with van der Waals surface area (Å²) in [6.45, 7) is 2.01. The van der Waals surface area contributed by atoms with E-state index in [2.05, 4.69) is 20.0 Å². The monoisotopic (exact) mass is 352 g/mol. The number of carbonyl (C=O) groups excluding carboxylic acids is 1. The van der Waals surface area contributed by atoms with Gasteiger partial charge in [0.05, 0.1) is 18.9 Å². The van der Waals surface area contributed by atoms with Gasteiger partial charge < -0.3 is 4.74 Å². The van der Waals surface area contributed by atoms with Gasteiger partial charge >= 0.3 is 5.97 Å². The number of ether oxygens (including phenoxy) is 1. The van der Waals surface area contributed by atoms with Gasteiger partial charge in [0.2, 0.25) is 4.77 Å². The first-order valence-electron chi connectivity index (χ1n) is 7.56. The lowest BCUT2D eigenvalue weighted by Crippen LogP contribution is -2.01. The highest BCUT2D eigenvalue weighted by Crippen LogP contribution is 2.21. The molecule has 7 heteroatoms. The molecule has 0 spiro atoms. The van der Waals surface area contributed by atoms with Crippen LogP contribution in [-0.2, 0) is 4.74 Å². The molecule has 25 heavy (non-hydrogen) atoms. The summed E-state index contributed by atoms with van der Waals surface area (Å²) >= 11 is 5.27. The smallest absolute Gasteiger partial charge is 0.337 e. The number of nitrogens with zero attached hydrogens (tertiary/aromatic N) is 3. The van der Waals surface area contributed by atoms with Gasteiger partial charge in [-0.2, -0.15) is 14.9 Å². The Morgan fingerprint density at radius 2 is 1.96 bits per heavy atom. The van der Waals surface area contributed by atoms with Gasteiger partial charge in [0, 0.05) is 5.56 Å². The van der Waals surface area contributed by atoms with E-state index in [1.165, 1.54) is 7.11 Å². The van der Waals surface area contributed by atoms with E-state index in [1.807, 2.05) is 31.2 Å². The summed E-state index contributed by atoms with van der Waals surface area (Å²) in [5, 5.41) is 11.5. The molecule has 0 aliphatic carbocycles. The number of hydrogen-bond donors (Lipinski definition) is 1. The number of H-pyrrole nitrogens is 1. The minimum absolute atomic E-state index is 0.373. The van der Waals surface area contributed by atoms with Crippen molar-refractivity contribution in [2.75, 3.05) is 7.11 Å². The molecule has 1 aromatic heterocycles. The van der Waals surface area contributed by atoms with Crippen molar-refractivity contribution in [2.24, 2.45) is 5.10 Å². The van der Waals surface area contributed by atoms with Crippen LogP contribution in [0.3, 0.4) is 0 Å². The molecule has 0 amide bonds. The van der Waals surface area contributed by atoms with Crippen LogP contribution in [0.1, 0.15) is 21.5 Å². The Balaban J connectivity index is 1.92. The van der Waals surface area contributed by atoms with Crippen molar-refractivity contribution in [2.45, 2.75) is 6.92 Å². The van der Waals surface area contributed by atoms with Gasteiger partial charge in [0.1, 0.15) is 0 Å². The summed E-state index contributed by atoms with van der Waals surface area (Å²) in [5.74, 6) is 0.271. The Morgan fingerprint density at radius 1 is 1.24 bits per heavy atom. The standard InChI is InChI=1S/C18H16N4O2S/c1-12-5-3-4-6-15(12)16-20-21-18(25)22(16)19-11-13-7-9-14(10-8-13)17(23)24-2/h3-11H,1-2H3,(H,21,25)/b19-11+. The van der Waals surface area contributed by atoms with Crippen LogP contribution in [0.2, 0.25) is 0 Å². The van der Waals surface area contributed by atoms with Crippen LogP contribution in [0.4, 0.5) is 0 Å². The second kappa shape index (κ2) is 7.23. The number of aromatic amines is 1. The SMILES string of the molecule is COC(=O)c1ccc(/C=N/n2c(-c3ccccc3C)n[nH]c2=S)cc1. The molecule has 0 saturated carbocycles. The maximum absolute atomic E-state index is 11.5. The zero-order valence-corrected chi connectivity index (χ0v) is 14.6. The second-order valence-corrected chi connectivity index (χ2v) is 5.72. The van der Waals surface area contributed by atoms with Crippen molar-refractivity contribution in [1.29, 1.82) is 0 Å². The number of rotatable bonds is 4. The molecule has 0 fully saturated rings. The topological polar surface area (TPSA) is 72.3 Å². The molecular weight excluding hydrogens is 336 g/mol. The zero-order chi connectivity index (χ0) is 17.8. The van der Waals surface area contributed by atoms with E-state index in [0.29, 0.717) is 16.2 Å². The number of methoxy groups -OCH3 is 1. The predicted molar refractivity (Wildman–Crippen MR) is 98.4 cm³/mol. The fourth-order valence-corrected chi connectivity index (χ4v) is 2.52. The lowest BCUT2D eigenvalue weighted by atomic mass is 10.1. The van der Waals surface area contributed by atoms with Crippen LogP contribution in [0.15, 0.2) is 53.6 Å². The normalized spacial score (nSPS) is 11.0. The van der Waals surface area contributed by atoms with Crippen molar-refractivity contribution in [3.05, 3.63) is 70.0 Å². The van der Waals surface area contributed by atoms with E-state index in [9.17, 15) is 4.79 Å². The molecule has 3 aromatic rings. The zero-order valence-electron chi connectivity index (χ0n) is 13.8. The van der Waals surface area contributed by atoms with Crippen molar-refractivity contribution in [1.82, 2.24) is 14.9 Å². The average Bonchev–Trinajstić information content (AvgIpc) is 3.00. The molecule has 126 valence electrons. The van der Waals surface area contributed by atoms with Crippen molar-refractivity contribution in [3.8, 4) is 11.4 Å². The highest BCUT2D eigenvalue weighted by Gasteiger charge is 2.10. The molecule has 0 bridgehead atoms. The van der Waals surface area contributed by atoms with Crippen molar-refractivity contribution < 1.29 is 9.53 Å². The molecule has 3 rings (SSSR count). The van der Waals surface area contributed by atoms with Gasteiger partial charge in [0.25, 0.3) is 0 Å². The summed E-state index contributed by atoms with van der Waals surface area (Å²) in [6.07, 6.45) is 1.66. The molecule has 0 unspecified atom stereocenters. The van der Waals surface area contributed by atoms with Gasteiger partial charge in [-0.15, -0.1) is 0 Å². The molecule has 2 aromatic carbocycles. The van der Waals surface area contributed by atoms with Gasteiger partial charge in [0.15, 0.2) is 5.82 Å². The minimum atomic E-state index is -0.373. The Labute approximate surface area is 149 Å². The highest BCUT2D eigenvalue weighted by atomic mass is 32.1. The summed E-state index contributed by atoms with van der Waals surface area (Å²) in [7, 11) is 1.35. The molecule has 1 N–H and O–H groups in total. The molecule has 6 nitrogen and oxygen atoms in total. The Hall–Kier alpha value is -3.06. The third kappa shape index (κ3) is 3.56. The first kappa shape index (κ1) is 16.8. The largest absolute Gasteiger partial charge is 0.465 e. The molecule has 0 aliphatic heterocycles. The quantitative estimate of drug-likeness (QED) is 0.442. The fourth-order valence-electron chi connectivity index (χ4n) is 2.34. The summed E-state index contributed by atoms with van der Waals surface area (Å²) in [4.78, 5) is 11.5. The fraction of sp³-hybridized carbons (Fsp3) is 0.111. The summed E-state index contributed by atoms with van der Waals surface area (Å²) in [6, 6.07) is 14.8. The van der Waals surface area contributed by atoms with Gasteiger partial charge in [-0.3, -0.25) is 0 Å². The Morgan fingerprint density at radius 3 is 2.64 bits per heavy atom. The van der Waals surface area contributed by atoms with E-state index in [-0.39, 0.29) is 5.97 Å². The van der Waals surface area contributed by atoms with E-state index < -0.39 is 0 Å². The van der Waals surface area contributed by atoms with Crippen LogP contribution in [-0.4, -0.2) is 34.2 Å². The lowest BCUT2D eigenvalue weighted by molar-refractivity contribution is 0.0600. The van der Waals surface area contributed by atoms with Crippen LogP contribution in [0.5, 0.6) is 0 Å². The van der Waals surface area contributed by atoms with Crippen LogP contribution >= 0.6 is 12.2 Å². The molecule has 0 radical (unpaired) electrons. The number of aromatic nitrogens is 3. The van der Waals surface area contributed by atoms with Crippen LogP contribution in [0.25, 0.3) is 11.4 Å². The van der Waals surface area contributed by atoms with Crippen LogP contribution < -0.4 is 0 Å². The number of nitrogens with one attached hydrogen (secondary N) is 1. The van der Waals surface area contributed by atoms with Crippen molar-refractivity contribution >= 4 is 24.4 Å². The number of esters is 1. The Bertz CT molecular complexity index is 987. The number of hydrogen-bond acceptors (Lipinski definition) is 5. The highest BCUT2D eigenvalue weighted by molar-refractivity contribution is 7.71. The van der Waals surface area contributed by atoms with Crippen molar-refractivity contribution in [3.63, 3.8) is 0 Å². The predicted octanol–water partition coefficient (Wildman–Crippen LogP) is 3.58. The lowest BCUT2D eigenvalue weighted by Gasteiger charge is -2.04. The van der Waals surface area contributed by atoms with E-state index in [0.717, 1.165) is 16.7 Å². The average molecular weight is 352 g/mol. The molecule has 0 atom stereocenters. The van der Waals surface area contributed by atoms with Gasteiger partial charge in [-0.25, -0.2) is 9.89 Å². The van der Waals surface area contributed by atoms with Crippen LogP contribution in [0, 0.1) is 11.7 Å². The Kier molecular flexibility index (Phi) is 4.85.